The molecule has 21 heavy (non-hydrogen) atoms. The summed E-state index contributed by atoms with van der Waals surface area (Å²) in [6.07, 6.45) is 5.61. The Kier molecular flexibility index (Phi) is 7.90. The first-order valence-electron chi connectivity index (χ1n) is 7.20. The number of aryl methyl sites for hydroxylation is 1. The molecule has 1 atom stereocenters. The molecule has 1 aromatic carbocycles. The number of carboxylic acid groups (broad SMARTS) is 1. The van der Waals surface area contributed by atoms with Crippen molar-refractivity contribution >= 4 is 23.6 Å². The van der Waals surface area contributed by atoms with Crippen LogP contribution in [0, 0.1) is 0 Å². The Morgan fingerprint density at radius 1 is 1.29 bits per heavy atom. The van der Waals surface area contributed by atoms with Gasteiger partial charge in [-0.3, -0.25) is 4.79 Å². The van der Waals surface area contributed by atoms with Gasteiger partial charge in [0.2, 0.25) is 0 Å². The molecule has 0 spiro atoms. The number of unbranched alkanes of at least 4 members (excludes halogenated alkanes) is 1. The van der Waals surface area contributed by atoms with Gasteiger partial charge < -0.3 is 10.4 Å². The van der Waals surface area contributed by atoms with E-state index in [0.29, 0.717) is 17.7 Å². The van der Waals surface area contributed by atoms with Crippen molar-refractivity contribution in [1.82, 2.24) is 5.32 Å². The highest BCUT2D eigenvalue weighted by Gasteiger charge is 2.19. The van der Waals surface area contributed by atoms with E-state index in [1.54, 1.807) is 23.9 Å². The summed E-state index contributed by atoms with van der Waals surface area (Å²) in [6, 6.07) is 6.55. The molecule has 0 saturated heterocycles. The topological polar surface area (TPSA) is 66.4 Å². The van der Waals surface area contributed by atoms with E-state index in [4.69, 9.17) is 5.11 Å². The molecule has 0 aromatic heterocycles. The lowest BCUT2D eigenvalue weighted by molar-refractivity contribution is -0.139. The molecule has 2 N–H and O–H groups in total. The van der Waals surface area contributed by atoms with E-state index in [-0.39, 0.29) is 5.91 Å². The highest BCUT2D eigenvalue weighted by molar-refractivity contribution is 7.98. The second-order valence-corrected chi connectivity index (χ2v) is 5.93. The number of benzene rings is 1. The van der Waals surface area contributed by atoms with Gasteiger partial charge in [-0.25, -0.2) is 4.79 Å². The molecule has 0 aliphatic rings. The summed E-state index contributed by atoms with van der Waals surface area (Å²) in [5, 5.41) is 11.7. The molecule has 0 fully saturated rings. The summed E-state index contributed by atoms with van der Waals surface area (Å²) in [5.41, 5.74) is 1.70. The van der Waals surface area contributed by atoms with E-state index in [1.165, 1.54) is 5.56 Å². The van der Waals surface area contributed by atoms with Gasteiger partial charge >= 0.3 is 5.97 Å². The van der Waals surface area contributed by atoms with E-state index in [1.807, 2.05) is 18.4 Å². The number of carbonyl (C=O) groups is 2. The molecule has 0 radical (unpaired) electrons. The molecule has 1 rings (SSSR count). The molecule has 0 saturated carbocycles. The van der Waals surface area contributed by atoms with Crippen LogP contribution in [0.2, 0.25) is 0 Å². The van der Waals surface area contributed by atoms with Crippen molar-refractivity contribution < 1.29 is 14.7 Å². The van der Waals surface area contributed by atoms with Gasteiger partial charge in [-0.2, -0.15) is 11.8 Å². The van der Waals surface area contributed by atoms with Crippen LogP contribution in [0.3, 0.4) is 0 Å². The van der Waals surface area contributed by atoms with Crippen LogP contribution in [0.25, 0.3) is 0 Å². The minimum absolute atomic E-state index is 0.328. The first-order chi connectivity index (χ1) is 10.1. The third-order valence-corrected chi connectivity index (χ3v) is 3.89. The number of hydrogen-bond acceptors (Lipinski definition) is 3. The van der Waals surface area contributed by atoms with Crippen LogP contribution in [0.15, 0.2) is 24.3 Å². The summed E-state index contributed by atoms with van der Waals surface area (Å²) >= 11 is 1.57. The van der Waals surface area contributed by atoms with E-state index in [9.17, 15) is 9.59 Å². The van der Waals surface area contributed by atoms with Crippen molar-refractivity contribution in [3.05, 3.63) is 35.4 Å². The lowest BCUT2D eigenvalue weighted by atomic mass is 10.1. The fourth-order valence-electron chi connectivity index (χ4n) is 1.94. The maximum absolute atomic E-state index is 12.1. The lowest BCUT2D eigenvalue weighted by Crippen LogP contribution is -2.41. The molecule has 116 valence electrons. The van der Waals surface area contributed by atoms with Gasteiger partial charge in [0, 0.05) is 5.56 Å². The Morgan fingerprint density at radius 3 is 2.48 bits per heavy atom. The van der Waals surface area contributed by atoms with Crippen molar-refractivity contribution in [1.29, 1.82) is 0 Å². The summed E-state index contributed by atoms with van der Waals surface area (Å²) in [5.74, 6) is -0.616. The van der Waals surface area contributed by atoms with Gasteiger partial charge in [-0.15, -0.1) is 0 Å². The van der Waals surface area contributed by atoms with Crippen LogP contribution in [-0.4, -0.2) is 35.0 Å². The van der Waals surface area contributed by atoms with Crippen LogP contribution in [0.4, 0.5) is 0 Å². The molecule has 0 bridgehead atoms. The third-order valence-electron chi connectivity index (χ3n) is 3.25. The summed E-state index contributed by atoms with van der Waals surface area (Å²) in [7, 11) is 0. The van der Waals surface area contributed by atoms with Gasteiger partial charge in [0.25, 0.3) is 5.91 Å². The number of aliphatic carboxylic acids is 1. The van der Waals surface area contributed by atoms with Gasteiger partial charge in [0.05, 0.1) is 0 Å². The molecular formula is C16H23NO3S. The number of nitrogens with one attached hydrogen (secondary N) is 1. The van der Waals surface area contributed by atoms with Crippen molar-refractivity contribution in [2.24, 2.45) is 0 Å². The highest BCUT2D eigenvalue weighted by atomic mass is 32.2. The molecule has 0 unspecified atom stereocenters. The van der Waals surface area contributed by atoms with Gasteiger partial charge in [0.15, 0.2) is 0 Å². The van der Waals surface area contributed by atoms with Crippen LogP contribution >= 0.6 is 11.8 Å². The highest BCUT2D eigenvalue weighted by Crippen LogP contribution is 2.09. The monoisotopic (exact) mass is 309 g/mol. The maximum atomic E-state index is 12.1. The van der Waals surface area contributed by atoms with Gasteiger partial charge in [-0.1, -0.05) is 25.5 Å². The second-order valence-electron chi connectivity index (χ2n) is 4.95. The first-order valence-corrected chi connectivity index (χ1v) is 8.59. The number of thioether (sulfide) groups is 1. The molecule has 1 aromatic rings. The van der Waals surface area contributed by atoms with Crippen molar-refractivity contribution in [3.8, 4) is 0 Å². The smallest absolute Gasteiger partial charge is 0.326 e. The Labute approximate surface area is 130 Å². The summed E-state index contributed by atoms with van der Waals surface area (Å²) in [6.45, 7) is 2.14. The third kappa shape index (κ3) is 6.21. The number of rotatable bonds is 9. The van der Waals surface area contributed by atoms with Gasteiger partial charge in [-0.05, 0) is 49.0 Å². The number of carbonyl (C=O) groups excluding carboxylic acids is 1. The molecular weight excluding hydrogens is 286 g/mol. The van der Waals surface area contributed by atoms with Crippen LogP contribution < -0.4 is 5.32 Å². The SMILES string of the molecule is CCCCc1ccc(C(=O)N[C@@H](CCSC)C(=O)O)cc1. The maximum Gasteiger partial charge on any atom is 0.326 e. The zero-order chi connectivity index (χ0) is 15.7. The molecule has 5 heteroatoms. The predicted molar refractivity (Wildman–Crippen MR) is 86.9 cm³/mol. The predicted octanol–water partition coefficient (Wildman–Crippen LogP) is 2.97. The summed E-state index contributed by atoms with van der Waals surface area (Å²) in [4.78, 5) is 23.2. The number of amides is 1. The average Bonchev–Trinajstić information content (AvgIpc) is 2.49. The Morgan fingerprint density at radius 2 is 1.95 bits per heavy atom. The van der Waals surface area contributed by atoms with E-state index >= 15 is 0 Å². The lowest BCUT2D eigenvalue weighted by Gasteiger charge is -2.14. The molecule has 0 aliphatic carbocycles. The molecule has 4 nitrogen and oxygen atoms in total. The van der Waals surface area contributed by atoms with Gasteiger partial charge in [0.1, 0.15) is 6.04 Å². The van der Waals surface area contributed by atoms with Crippen molar-refractivity contribution in [2.75, 3.05) is 12.0 Å². The van der Waals surface area contributed by atoms with Crippen molar-refractivity contribution in [3.63, 3.8) is 0 Å². The van der Waals surface area contributed by atoms with Crippen molar-refractivity contribution in [2.45, 2.75) is 38.6 Å². The van der Waals surface area contributed by atoms with E-state index in [0.717, 1.165) is 19.3 Å². The largest absolute Gasteiger partial charge is 0.480 e. The van der Waals surface area contributed by atoms with E-state index in [2.05, 4.69) is 12.2 Å². The Hall–Kier alpha value is -1.49. The minimum Gasteiger partial charge on any atom is -0.480 e. The average molecular weight is 309 g/mol. The Balaban J connectivity index is 2.62. The van der Waals surface area contributed by atoms with E-state index < -0.39 is 12.0 Å². The second kappa shape index (κ2) is 9.45. The number of carboxylic acids is 1. The number of hydrogen-bond donors (Lipinski definition) is 2. The Bertz CT molecular complexity index is 459. The molecule has 0 heterocycles. The zero-order valence-corrected chi connectivity index (χ0v) is 13.4. The standard InChI is InChI=1S/C16H23NO3S/c1-3-4-5-12-6-8-13(9-7-12)15(18)17-14(16(19)20)10-11-21-2/h6-9,14H,3-5,10-11H2,1-2H3,(H,17,18)(H,19,20)/t14-/m0/s1. The first kappa shape index (κ1) is 17.6. The molecule has 1 amide bonds. The van der Waals surface area contributed by atoms with Crippen LogP contribution in [-0.2, 0) is 11.2 Å². The fraction of sp³-hybridized carbons (Fsp3) is 0.500. The van der Waals surface area contributed by atoms with Crippen LogP contribution in [0.5, 0.6) is 0 Å². The summed E-state index contributed by atoms with van der Waals surface area (Å²) < 4.78 is 0. The minimum atomic E-state index is -0.989. The fourth-order valence-corrected chi connectivity index (χ4v) is 2.41. The zero-order valence-electron chi connectivity index (χ0n) is 12.6. The quantitative estimate of drug-likeness (QED) is 0.736. The van der Waals surface area contributed by atoms with Crippen LogP contribution in [0.1, 0.15) is 42.1 Å². The normalized spacial score (nSPS) is 11.9. The molecule has 0 aliphatic heterocycles.